The quantitative estimate of drug-likeness (QED) is 0.370. The lowest BCUT2D eigenvalue weighted by molar-refractivity contribution is 0.519. The van der Waals surface area contributed by atoms with Crippen LogP contribution in [0.25, 0.3) is 22.6 Å². The summed E-state index contributed by atoms with van der Waals surface area (Å²) in [6.07, 6.45) is 1.51. The minimum Gasteiger partial charge on any atom is -0.368 e. The van der Waals surface area contributed by atoms with Crippen LogP contribution in [0.3, 0.4) is 0 Å². The third kappa shape index (κ3) is 4.89. The number of imidazole rings is 1. The molecule has 0 atom stereocenters. The number of aromatic amines is 1. The molecule has 0 aliphatic heterocycles. The molecule has 35 heavy (non-hydrogen) atoms. The second kappa shape index (κ2) is 9.01. The second-order valence-electron chi connectivity index (χ2n) is 8.95. The maximum atomic E-state index is 14.2. The lowest BCUT2D eigenvalue weighted by Crippen LogP contribution is -2.13. The Balaban J connectivity index is 1.85. The highest BCUT2D eigenvalue weighted by atomic mass is 35.5. The van der Waals surface area contributed by atoms with Crippen LogP contribution in [0.2, 0.25) is 5.02 Å². The predicted octanol–water partition coefficient (Wildman–Crippen LogP) is 5.32. The molecule has 0 fully saturated rings. The van der Waals surface area contributed by atoms with Gasteiger partial charge in [-0.3, -0.25) is 0 Å². The van der Waals surface area contributed by atoms with Crippen molar-refractivity contribution in [1.82, 2.24) is 19.9 Å². The highest BCUT2D eigenvalue weighted by Gasteiger charge is 2.28. The fourth-order valence-corrected chi connectivity index (χ4v) is 5.44. The summed E-state index contributed by atoms with van der Waals surface area (Å²) in [5.41, 5.74) is 7.42. The van der Waals surface area contributed by atoms with Gasteiger partial charge >= 0.3 is 0 Å². The standard InChI is InChI=1S/C24H22ClF2N5O2S/c1-24(2,3)22-31-19(20(32-22)17-10-11-29-23(28)30-17)14-7-4-6-13(18(14)25)12-35(33,34)21-15(26)8-5-9-16(21)27/h4-11H,12H2,1-3H3,(H,31,32)(H2,28,29,30). The van der Waals surface area contributed by atoms with Crippen LogP contribution in [0.15, 0.2) is 53.6 Å². The number of anilines is 1. The molecule has 0 unspecified atom stereocenters. The van der Waals surface area contributed by atoms with Gasteiger partial charge in [-0.25, -0.2) is 32.2 Å². The van der Waals surface area contributed by atoms with Gasteiger partial charge in [-0.2, -0.15) is 0 Å². The van der Waals surface area contributed by atoms with E-state index in [-0.39, 0.29) is 21.9 Å². The van der Waals surface area contributed by atoms with Crippen molar-refractivity contribution in [1.29, 1.82) is 0 Å². The maximum absolute atomic E-state index is 14.2. The van der Waals surface area contributed by atoms with Crippen molar-refractivity contribution in [3.05, 3.63) is 76.7 Å². The van der Waals surface area contributed by atoms with E-state index in [9.17, 15) is 17.2 Å². The summed E-state index contributed by atoms with van der Waals surface area (Å²) in [6.45, 7) is 5.92. The van der Waals surface area contributed by atoms with E-state index >= 15 is 0 Å². The minimum absolute atomic E-state index is 0.0678. The van der Waals surface area contributed by atoms with Gasteiger partial charge < -0.3 is 10.7 Å². The Hall–Kier alpha value is -3.37. The summed E-state index contributed by atoms with van der Waals surface area (Å²) in [5, 5.41) is 0.0862. The molecule has 0 saturated carbocycles. The number of rotatable bonds is 5. The zero-order valence-electron chi connectivity index (χ0n) is 19.1. The van der Waals surface area contributed by atoms with E-state index in [1.165, 1.54) is 12.3 Å². The van der Waals surface area contributed by atoms with Crippen LogP contribution in [-0.2, 0) is 21.0 Å². The van der Waals surface area contributed by atoms with E-state index in [4.69, 9.17) is 22.3 Å². The van der Waals surface area contributed by atoms with Crippen LogP contribution in [0.4, 0.5) is 14.7 Å². The minimum atomic E-state index is -4.38. The van der Waals surface area contributed by atoms with Crippen molar-refractivity contribution in [2.24, 2.45) is 0 Å². The molecule has 0 aliphatic rings. The van der Waals surface area contributed by atoms with Gasteiger partial charge in [0.1, 0.15) is 22.4 Å². The number of hydrogen-bond donors (Lipinski definition) is 2. The number of sulfone groups is 1. The molecular weight excluding hydrogens is 496 g/mol. The smallest absolute Gasteiger partial charge is 0.220 e. The van der Waals surface area contributed by atoms with Gasteiger partial charge in [0.15, 0.2) is 9.84 Å². The molecule has 0 amide bonds. The molecule has 11 heteroatoms. The molecule has 0 bridgehead atoms. The average Bonchev–Trinajstić information content (AvgIpc) is 3.21. The van der Waals surface area contributed by atoms with Crippen LogP contribution in [0.5, 0.6) is 0 Å². The Morgan fingerprint density at radius 1 is 1.03 bits per heavy atom. The van der Waals surface area contributed by atoms with Gasteiger partial charge in [-0.1, -0.05) is 56.6 Å². The van der Waals surface area contributed by atoms with Crippen molar-refractivity contribution in [2.75, 3.05) is 5.73 Å². The molecule has 2 aromatic heterocycles. The predicted molar refractivity (Wildman–Crippen MR) is 130 cm³/mol. The first-order chi connectivity index (χ1) is 16.4. The third-order valence-electron chi connectivity index (χ3n) is 5.25. The number of hydrogen-bond acceptors (Lipinski definition) is 6. The number of nitrogens with one attached hydrogen (secondary N) is 1. The van der Waals surface area contributed by atoms with E-state index < -0.39 is 32.1 Å². The molecule has 2 aromatic carbocycles. The van der Waals surface area contributed by atoms with Crippen LogP contribution in [0, 0.1) is 11.6 Å². The first kappa shape index (κ1) is 24.7. The second-order valence-corrected chi connectivity index (χ2v) is 11.3. The topological polar surface area (TPSA) is 115 Å². The van der Waals surface area contributed by atoms with E-state index in [0.29, 0.717) is 28.5 Å². The fraction of sp³-hybridized carbons (Fsp3) is 0.208. The lowest BCUT2D eigenvalue weighted by Gasteiger charge is -2.14. The van der Waals surface area contributed by atoms with Crippen molar-refractivity contribution in [3.63, 3.8) is 0 Å². The summed E-state index contributed by atoms with van der Waals surface area (Å²) in [6, 6.07) is 9.32. The Bertz CT molecular complexity index is 1510. The van der Waals surface area contributed by atoms with Crippen molar-refractivity contribution < 1.29 is 17.2 Å². The monoisotopic (exact) mass is 517 g/mol. The number of aromatic nitrogens is 4. The first-order valence-corrected chi connectivity index (χ1v) is 12.6. The van der Waals surface area contributed by atoms with Gasteiger partial charge in [0.05, 0.1) is 27.9 Å². The number of nitrogens with two attached hydrogens (primary N) is 1. The normalized spacial score (nSPS) is 12.2. The summed E-state index contributed by atoms with van der Waals surface area (Å²) >= 11 is 6.67. The van der Waals surface area contributed by atoms with Gasteiger partial charge in [0.2, 0.25) is 5.95 Å². The van der Waals surface area contributed by atoms with Crippen LogP contribution in [0.1, 0.15) is 32.2 Å². The van der Waals surface area contributed by atoms with Crippen molar-refractivity contribution in [3.8, 4) is 22.6 Å². The number of benzene rings is 2. The average molecular weight is 518 g/mol. The van der Waals surface area contributed by atoms with Crippen molar-refractivity contribution in [2.45, 2.75) is 36.8 Å². The van der Waals surface area contributed by atoms with Crippen LogP contribution >= 0.6 is 11.6 Å². The number of nitrogen functional groups attached to an aromatic ring is 1. The molecule has 3 N–H and O–H groups in total. The van der Waals surface area contributed by atoms with Crippen LogP contribution in [-0.4, -0.2) is 28.4 Å². The summed E-state index contributed by atoms with van der Waals surface area (Å²) < 4.78 is 54.2. The number of nitrogens with zero attached hydrogens (tertiary/aromatic N) is 3. The zero-order chi connectivity index (χ0) is 25.5. The SMILES string of the molecule is CC(C)(C)c1nc(-c2cccc(CS(=O)(=O)c3c(F)cccc3F)c2Cl)c(-c2ccnc(N)n2)[nH]1. The molecule has 0 saturated heterocycles. The molecule has 0 radical (unpaired) electrons. The van der Waals surface area contributed by atoms with Gasteiger partial charge in [-0.05, 0) is 23.8 Å². The first-order valence-electron chi connectivity index (χ1n) is 10.5. The lowest BCUT2D eigenvalue weighted by atomic mass is 9.96. The Morgan fingerprint density at radius 3 is 2.31 bits per heavy atom. The van der Waals surface area contributed by atoms with Gasteiger partial charge in [-0.15, -0.1) is 0 Å². The van der Waals surface area contributed by atoms with E-state index in [2.05, 4.69) is 15.0 Å². The van der Waals surface area contributed by atoms with Crippen LogP contribution < -0.4 is 5.73 Å². The molecule has 4 rings (SSSR count). The van der Waals surface area contributed by atoms with Gasteiger partial charge in [0.25, 0.3) is 0 Å². The molecular formula is C24H22ClF2N5O2S. The van der Waals surface area contributed by atoms with Gasteiger partial charge in [0, 0.05) is 17.2 Å². The number of H-pyrrole nitrogens is 1. The van der Waals surface area contributed by atoms with E-state index in [1.807, 2.05) is 20.8 Å². The third-order valence-corrected chi connectivity index (χ3v) is 7.40. The molecule has 0 aliphatic carbocycles. The molecule has 182 valence electrons. The highest BCUT2D eigenvalue weighted by molar-refractivity contribution is 7.90. The maximum Gasteiger partial charge on any atom is 0.220 e. The molecule has 4 aromatic rings. The van der Waals surface area contributed by atoms with E-state index in [0.717, 1.165) is 18.2 Å². The Morgan fingerprint density at radius 2 is 1.69 bits per heavy atom. The Kier molecular flexibility index (Phi) is 6.37. The highest BCUT2D eigenvalue weighted by Crippen LogP contribution is 2.38. The Labute approximate surface area is 206 Å². The zero-order valence-corrected chi connectivity index (χ0v) is 20.7. The fourth-order valence-electron chi connectivity index (χ4n) is 3.55. The summed E-state index contributed by atoms with van der Waals surface area (Å²) in [5.74, 6) is -2.32. The molecule has 7 nitrogen and oxygen atoms in total. The number of halogens is 3. The summed E-state index contributed by atoms with van der Waals surface area (Å²) in [7, 11) is -4.38. The molecule has 2 heterocycles. The molecule has 0 spiro atoms. The van der Waals surface area contributed by atoms with Crippen molar-refractivity contribution >= 4 is 27.4 Å². The van der Waals surface area contributed by atoms with E-state index in [1.54, 1.807) is 18.2 Å². The largest absolute Gasteiger partial charge is 0.368 e. The summed E-state index contributed by atoms with van der Waals surface area (Å²) in [4.78, 5) is 15.2.